The minimum absolute atomic E-state index is 0.151. The van der Waals surface area contributed by atoms with Crippen molar-refractivity contribution in [3.63, 3.8) is 0 Å². The van der Waals surface area contributed by atoms with E-state index in [0.717, 1.165) is 55.1 Å². The number of nitrogens with zero attached hydrogens (tertiary/aromatic N) is 3. The lowest BCUT2D eigenvalue weighted by Gasteiger charge is -2.26. The van der Waals surface area contributed by atoms with Gasteiger partial charge in [-0.25, -0.2) is 0 Å². The van der Waals surface area contributed by atoms with E-state index in [1.807, 2.05) is 22.8 Å². The summed E-state index contributed by atoms with van der Waals surface area (Å²) in [7, 11) is 1.65. The normalized spacial score (nSPS) is 18.9. The topological polar surface area (TPSA) is 78.3 Å². The van der Waals surface area contributed by atoms with Gasteiger partial charge < -0.3 is 19.4 Å². The van der Waals surface area contributed by atoms with E-state index in [0.29, 0.717) is 19.0 Å². The third-order valence-corrected chi connectivity index (χ3v) is 5.12. The fraction of sp³-hybridized carbons (Fsp3) is 0.526. The molecule has 1 aromatic heterocycles. The molecule has 0 saturated carbocycles. The van der Waals surface area contributed by atoms with Crippen molar-refractivity contribution in [2.75, 3.05) is 20.3 Å². The summed E-state index contributed by atoms with van der Waals surface area (Å²) in [6, 6.07) is 5.91. The molecular formula is C19H24N4O3. The first-order valence-electron chi connectivity index (χ1n) is 9.25. The number of carbonyl (C=O) groups is 1. The van der Waals surface area contributed by atoms with Crippen LogP contribution >= 0.6 is 0 Å². The quantitative estimate of drug-likeness (QED) is 0.906. The van der Waals surface area contributed by atoms with Crippen LogP contribution in [0.3, 0.4) is 0 Å². The van der Waals surface area contributed by atoms with E-state index in [1.54, 1.807) is 7.11 Å². The first-order valence-corrected chi connectivity index (χ1v) is 9.25. The molecule has 0 aliphatic carbocycles. The average molecular weight is 356 g/mol. The number of aryl methyl sites for hydroxylation is 1. The highest BCUT2D eigenvalue weighted by Gasteiger charge is 2.25. The molecule has 2 aromatic rings. The van der Waals surface area contributed by atoms with E-state index in [9.17, 15) is 4.79 Å². The number of ether oxygens (including phenoxy) is 2. The van der Waals surface area contributed by atoms with E-state index in [-0.39, 0.29) is 11.8 Å². The molecule has 1 amide bonds. The van der Waals surface area contributed by atoms with Gasteiger partial charge in [-0.1, -0.05) is 18.6 Å². The summed E-state index contributed by atoms with van der Waals surface area (Å²) in [4.78, 5) is 12.6. The molecule has 1 aromatic carbocycles. The minimum atomic E-state index is -0.151. The van der Waals surface area contributed by atoms with Gasteiger partial charge in [0.05, 0.1) is 13.7 Å². The summed E-state index contributed by atoms with van der Waals surface area (Å²) in [6.07, 6.45) is 5.11. The fourth-order valence-electron chi connectivity index (χ4n) is 3.72. The third-order valence-electron chi connectivity index (χ3n) is 5.12. The summed E-state index contributed by atoms with van der Waals surface area (Å²) in [5, 5.41) is 11.3. The van der Waals surface area contributed by atoms with Crippen molar-refractivity contribution in [1.29, 1.82) is 0 Å². The average Bonchev–Trinajstić information content (AvgIpc) is 2.93. The van der Waals surface area contributed by atoms with Crippen LogP contribution in [0, 0.1) is 5.92 Å². The molecule has 2 aliphatic rings. The second-order valence-electron chi connectivity index (χ2n) is 6.94. The summed E-state index contributed by atoms with van der Waals surface area (Å²) in [6.45, 7) is 1.94. The number of benzene rings is 1. The predicted octanol–water partition coefficient (Wildman–Crippen LogP) is 1.99. The van der Waals surface area contributed by atoms with Crippen molar-refractivity contribution in [2.24, 2.45) is 5.92 Å². The van der Waals surface area contributed by atoms with Crippen LogP contribution in [0.4, 0.5) is 0 Å². The summed E-state index contributed by atoms with van der Waals surface area (Å²) in [5.41, 5.74) is 1.12. The van der Waals surface area contributed by atoms with E-state index < -0.39 is 0 Å². The second kappa shape index (κ2) is 7.35. The molecular weight excluding hydrogens is 332 g/mol. The summed E-state index contributed by atoms with van der Waals surface area (Å²) >= 11 is 0. The van der Waals surface area contributed by atoms with Gasteiger partial charge in [0.1, 0.15) is 5.82 Å². The van der Waals surface area contributed by atoms with Crippen LogP contribution in [0.25, 0.3) is 0 Å². The maximum Gasteiger partial charge on any atom is 0.289 e. The van der Waals surface area contributed by atoms with Crippen molar-refractivity contribution >= 4 is 5.91 Å². The summed E-state index contributed by atoms with van der Waals surface area (Å²) < 4.78 is 13.2. The van der Waals surface area contributed by atoms with E-state index in [2.05, 4.69) is 15.5 Å². The Bertz CT molecular complexity index is 802. The Morgan fingerprint density at radius 1 is 1.35 bits per heavy atom. The van der Waals surface area contributed by atoms with Gasteiger partial charge in [0, 0.05) is 25.4 Å². The van der Waals surface area contributed by atoms with Crippen molar-refractivity contribution < 1.29 is 14.3 Å². The Labute approximate surface area is 152 Å². The standard InChI is InChI=1S/C19H24N4O3/c1-25-15-7-5-6-14-10-13(12-26-17(14)15)11-20-19(24)18-22-21-16-8-3-2-4-9-23(16)18/h5-7,13H,2-4,8-12H2,1H3,(H,20,24)/t13-/m1/s1. The molecule has 7 nitrogen and oxygen atoms in total. The summed E-state index contributed by atoms with van der Waals surface area (Å²) in [5.74, 6) is 3.01. The number of aromatic nitrogens is 3. The fourth-order valence-corrected chi connectivity index (χ4v) is 3.72. The number of hydrogen-bond donors (Lipinski definition) is 1. The van der Waals surface area contributed by atoms with Crippen LogP contribution < -0.4 is 14.8 Å². The largest absolute Gasteiger partial charge is 0.493 e. The van der Waals surface area contributed by atoms with E-state index in [4.69, 9.17) is 9.47 Å². The van der Waals surface area contributed by atoms with Crippen LogP contribution in [0.15, 0.2) is 18.2 Å². The number of nitrogens with one attached hydrogen (secondary N) is 1. The lowest BCUT2D eigenvalue weighted by Crippen LogP contribution is -2.36. The number of hydrogen-bond acceptors (Lipinski definition) is 5. The molecule has 0 fully saturated rings. The maximum atomic E-state index is 12.6. The van der Waals surface area contributed by atoms with Gasteiger partial charge in [0.15, 0.2) is 11.5 Å². The van der Waals surface area contributed by atoms with E-state index >= 15 is 0 Å². The minimum Gasteiger partial charge on any atom is -0.493 e. The van der Waals surface area contributed by atoms with E-state index in [1.165, 1.54) is 6.42 Å². The van der Waals surface area contributed by atoms with Crippen LogP contribution in [0.1, 0.15) is 41.3 Å². The molecule has 138 valence electrons. The highest BCUT2D eigenvalue weighted by atomic mass is 16.5. The molecule has 3 heterocycles. The number of carbonyl (C=O) groups excluding carboxylic acids is 1. The Kier molecular flexibility index (Phi) is 4.77. The zero-order valence-corrected chi connectivity index (χ0v) is 15.0. The van der Waals surface area contributed by atoms with Gasteiger partial charge in [-0.3, -0.25) is 4.79 Å². The number of methoxy groups -OCH3 is 1. The Morgan fingerprint density at radius 2 is 2.27 bits per heavy atom. The monoisotopic (exact) mass is 356 g/mol. The molecule has 1 N–H and O–H groups in total. The Hall–Kier alpha value is -2.57. The van der Waals surface area contributed by atoms with Crippen LogP contribution in [-0.4, -0.2) is 40.9 Å². The third kappa shape index (κ3) is 3.25. The first kappa shape index (κ1) is 16.9. The molecule has 0 bridgehead atoms. The number of fused-ring (bicyclic) bond motifs is 2. The molecule has 7 heteroatoms. The molecule has 4 rings (SSSR count). The van der Waals surface area contributed by atoms with Crippen molar-refractivity contribution in [1.82, 2.24) is 20.1 Å². The second-order valence-corrected chi connectivity index (χ2v) is 6.94. The zero-order valence-electron chi connectivity index (χ0n) is 15.0. The molecule has 0 saturated heterocycles. The lowest BCUT2D eigenvalue weighted by molar-refractivity contribution is 0.0923. The highest BCUT2D eigenvalue weighted by Crippen LogP contribution is 2.35. The van der Waals surface area contributed by atoms with Gasteiger partial charge in [0.25, 0.3) is 5.91 Å². The highest BCUT2D eigenvalue weighted by molar-refractivity contribution is 5.90. The van der Waals surface area contributed by atoms with Crippen molar-refractivity contribution in [2.45, 2.75) is 38.6 Å². The molecule has 0 unspecified atom stereocenters. The van der Waals surface area contributed by atoms with Gasteiger partial charge in [-0.05, 0) is 30.9 Å². The number of rotatable bonds is 4. The maximum absolute atomic E-state index is 12.6. The van der Waals surface area contributed by atoms with Gasteiger partial charge in [0.2, 0.25) is 5.82 Å². The smallest absolute Gasteiger partial charge is 0.289 e. The Balaban J connectivity index is 1.39. The molecule has 0 spiro atoms. The van der Waals surface area contributed by atoms with Crippen LogP contribution in [-0.2, 0) is 19.4 Å². The molecule has 2 aliphatic heterocycles. The molecule has 1 atom stereocenters. The van der Waals surface area contributed by atoms with Gasteiger partial charge in [-0.2, -0.15) is 0 Å². The predicted molar refractivity (Wildman–Crippen MR) is 95.6 cm³/mol. The number of amides is 1. The van der Waals surface area contributed by atoms with Gasteiger partial charge in [-0.15, -0.1) is 10.2 Å². The Morgan fingerprint density at radius 3 is 3.15 bits per heavy atom. The van der Waals surface area contributed by atoms with Crippen molar-refractivity contribution in [3.05, 3.63) is 35.4 Å². The van der Waals surface area contributed by atoms with Crippen molar-refractivity contribution in [3.8, 4) is 11.5 Å². The zero-order chi connectivity index (χ0) is 17.9. The molecule has 26 heavy (non-hydrogen) atoms. The van der Waals surface area contributed by atoms with Gasteiger partial charge >= 0.3 is 0 Å². The first-order chi connectivity index (χ1) is 12.8. The lowest BCUT2D eigenvalue weighted by atomic mass is 9.96. The SMILES string of the molecule is COc1cccc2c1OC[C@@H](CNC(=O)c1nnc3n1CCCCC3)C2. The van der Waals surface area contributed by atoms with Crippen LogP contribution in [0.5, 0.6) is 11.5 Å². The number of para-hydroxylation sites is 1. The molecule has 0 radical (unpaired) electrons. The van der Waals surface area contributed by atoms with Crippen LogP contribution in [0.2, 0.25) is 0 Å².